The van der Waals surface area contributed by atoms with Crippen molar-refractivity contribution in [3.05, 3.63) is 58.8 Å². The number of hydrogen-bond acceptors (Lipinski definition) is 6. The molecule has 1 N–H and O–H groups in total. The van der Waals surface area contributed by atoms with Gasteiger partial charge in [0.25, 0.3) is 5.56 Å². The lowest BCUT2D eigenvalue weighted by molar-refractivity contribution is -0.122. The van der Waals surface area contributed by atoms with Crippen molar-refractivity contribution >= 4 is 5.91 Å². The van der Waals surface area contributed by atoms with E-state index in [1.807, 2.05) is 0 Å². The summed E-state index contributed by atoms with van der Waals surface area (Å²) in [4.78, 5) is 28.2. The van der Waals surface area contributed by atoms with Gasteiger partial charge in [-0.1, -0.05) is 0 Å². The molecule has 152 valence electrons. The summed E-state index contributed by atoms with van der Waals surface area (Å²) in [5.74, 6) is -0.634. The number of carbonyl (C=O) groups excluding carboxylic acids is 1. The molecular weight excluding hydrogens is 386 g/mol. The third-order valence-electron chi connectivity index (χ3n) is 4.08. The lowest BCUT2D eigenvalue weighted by atomic mass is 10.2. The number of ether oxygens (including phenoxy) is 1. The highest BCUT2D eigenvalue weighted by Crippen LogP contribution is 2.18. The maximum absolute atomic E-state index is 12.3. The average molecular weight is 404 g/mol. The van der Waals surface area contributed by atoms with Gasteiger partial charge in [-0.25, -0.2) is 9.67 Å². The van der Waals surface area contributed by atoms with Gasteiger partial charge in [0.05, 0.1) is 17.4 Å². The second kappa shape index (κ2) is 8.59. The fraction of sp³-hybridized carbons (Fsp3) is 0.278. The van der Waals surface area contributed by atoms with E-state index in [1.165, 1.54) is 30.5 Å². The van der Waals surface area contributed by atoms with Crippen LogP contribution in [-0.2, 0) is 18.4 Å². The fourth-order valence-corrected chi connectivity index (χ4v) is 2.71. The Hall–Kier alpha value is -3.63. The molecule has 1 amide bonds. The second-order valence-corrected chi connectivity index (χ2v) is 6.15. The molecular formula is C18H18F2N6O3. The molecule has 11 heteroatoms. The number of rotatable bonds is 7. The Labute approximate surface area is 163 Å². The highest BCUT2D eigenvalue weighted by molar-refractivity contribution is 5.76. The first-order valence-electron chi connectivity index (χ1n) is 8.60. The Morgan fingerprint density at radius 1 is 1.24 bits per heavy atom. The number of alkyl halides is 2. The lowest BCUT2D eigenvalue weighted by Crippen LogP contribution is -2.35. The number of hydrogen-bond donors (Lipinski definition) is 1. The monoisotopic (exact) mass is 404 g/mol. The molecule has 3 rings (SSSR count). The Kier molecular flexibility index (Phi) is 5.96. The summed E-state index contributed by atoms with van der Waals surface area (Å²) in [6.45, 7) is -1.45. The standard InChI is InChI=1S/C18H18F2N6O3/c1-11(14-7-8-22-25(14)2)23-15(27)10-26-17(28)6-4-13(24-26)12-3-5-16(21-9-12)29-18(19)20/h3-9,11,18H,10H2,1-2H3,(H,23,27). The van der Waals surface area contributed by atoms with Crippen molar-refractivity contribution in [2.75, 3.05) is 0 Å². The molecule has 0 aliphatic carbocycles. The molecule has 0 radical (unpaired) electrons. The molecule has 0 aromatic carbocycles. The molecule has 0 aliphatic heterocycles. The number of aryl methyl sites for hydroxylation is 1. The molecule has 0 fully saturated rings. The van der Waals surface area contributed by atoms with Gasteiger partial charge in [0.2, 0.25) is 11.8 Å². The van der Waals surface area contributed by atoms with Crippen molar-refractivity contribution < 1.29 is 18.3 Å². The van der Waals surface area contributed by atoms with Crippen LogP contribution < -0.4 is 15.6 Å². The normalized spacial score (nSPS) is 12.0. The van der Waals surface area contributed by atoms with Crippen LogP contribution in [0.1, 0.15) is 18.7 Å². The number of amides is 1. The summed E-state index contributed by atoms with van der Waals surface area (Å²) in [7, 11) is 1.76. The van der Waals surface area contributed by atoms with Gasteiger partial charge in [0.1, 0.15) is 6.54 Å². The Morgan fingerprint density at radius 3 is 2.66 bits per heavy atom. The summed E-state index contributed by atoms with van der Waals surface area (Å²) < 4.78 is 31.3. The van der Waals surface area contributed by atoms with E-state index in [4.69, 9.17) is 0 Å². The lowest BCUT2D eigenvalue weighted by Gasteiger charge is -2.14. The number of carbonyl (C=O) groups is 1. The highest BCUT2D eigenvalue weighted by Gasteiger charge is 2.14. The predicted octanol–water partition coefficient (Wildman–Crippen LogP) is 1.52. The van der Waals surface area contributed by atoms with Crippen LogP contribution in [-0.4, -0.2) is 37.1 Å². The zero-order valence-electron chi connectivity index (χ0n) is 15.6. The SMILES string of the molecule is CC(NC(=O)Cn1nc(-c2ccc(OC(F)F)nc2)ccc1=O)c1ccnn1C. The fourth-order valence-electron chi connectivity index (χ4n) is 2.71. The first kappa shape index (κ1) is 20.1. The van der Waals surface area contributed by atoms with Crippen LogP contribution >= 0.6 is 0 Å². The van der Waals surface area contributed by atoms with Gasteiger partial charge in [0, 0.05) is 37.1 Å². The van der Waals surface area contributed by atoms with Gasteiger partial charge in [-0.15, -0.1) is 0 Å². The predicted molar refractivity (Wildman–Crippen MR) is 98.1 cm³/mol. The van der Waals surface area contributed by atoms with E-state index in [9.17, 15) is 18.4 Å². The van der Waals surface area contributed by atoms with Crippen LogP contribution in [0.25, 0.3) is 11.3 Å². The summed E-state index contributed by atoms with van der Waals surface area (Å²) >= 11 is 0. The second-order valence-electron chi connectivity index (χ2n) is 6.15. The van der Waals surface area contributed by atoms with E-state index in [-0.39, 0.29) is 18.5 Å². The van der Waals surface area contributed by atoms with E-state index < -0.39 is 18.1 Å². The zero-order chi connectivity index (χ0) is 21.0. The first-order valence-corrected chi connectivity index (χ1v) is 8.60. The number of aromatic nitrogens is 5. The molecule has 0 aliphatic rings. The van der Waals surface area contributed by atoms with Crippen molar-refractivity contribution in [2.45, 2.75) is 26.1 Å². The Morgan fingerprint density at radius 2 is 2.03 bits per heavy atom. The third kappa shape index (κ3) is 5.00. The number of nitrogens with zero attached hydrogens (tertiary/aromatic N) is 5. The molecule has 0 spiro atoms. The van der Waals surface area contributed by atoms with Crippen LogP contribution in [0.15, 0.2) is 47.5 Å². The van der Waals surface area contributed by atoms with Gasteiger partial charge < -0.3 is 10.1 Å². The molecule has 3 aromatic rings. The molecule has 0 saturated heterocycles. The van der Waals surface area contributed by atoms with Crippen LogP contribution in [0.3, 0.4) is 0 Å². The summed E-state index contributed by atoms with van der Waals surface area (Å²) in [6, 6.07) is 6.95. The van der Waals surface area contributed by atoms with Gasteiger partial charge in [-0.2, -0.15) is 19.0 Å². The van der Waals surface area contributed by atoms with Crippen molar-refractivity contribution in [2.24, 2.45) is 7.05 Å². The quantitative estimate of drug-likeness (QED) is 0.640. The summed E-state index contributed by atoms with van der Waals surface area (Å²) in [5, 5.41) is 11.0. The van der Waals surface area contributed by atoms with Crippen molar-refractivity contribution in [3.63, 3.8) is 0 Å². The Bertz CT molecular complexity index is 1050. The summed E-state index contributed by atoms with van der Waals surface area (Å²) in [6.07, 6.45) is 2.92. The van der Waals surface area contributed by atoms with Gasteiger partial charge in [-0.05, 0) is 25.1 Å². The minimum atomic E-state index is -2.97. The molecule has 3 aromatic heterocycles. The van der Waals surface area contributed by atoms with E-state index in [2.05, 4.69) is 25.2 Å². The molecule has 1 atom stereocenters. The number of nitrogens with one attached hydrogen (secondary N) is 1. The number of halogens is 2. The largest absolute Gasteiger partial charge is 0.417 e. The first-order chi connectivity index (χ1) is 13.8. The molecule has 3 heterocycles. The molecule has 1 unspecified atom stereocenters. The summed E-state index contributed by atoms with van der Waals surface area (Å²) in [5.41, 5.74) is 1.18. The van der Waals surface area contributed by atoms with Gasteiger partial charge in [0.15, 0.2) is 0 Å². The van der Waals surface area contributed by atoms with E-state index in [0.29, 0.717) is 11.3 Å². The highest BCUT2D eigenvalue weighted by atomic mass is 19.3. The van der Waals surface area contributed by atoms with Crippen molar-refractivity contribution in [1.29, 1.82) is 0 Å². The van der Waals surface area contributed by atoms with Crippen LogP contribution in [0.4, 0.5) is 8.78 Å². The maximum atomic E-state index is 12.3. The van der Waals surface area contributed by atoms with Crippen LogP contribution in [0.2, 0.25) is 0 Å². The van der Waals surface area contributed by atoms with Crippen LogP contribution in [0, 0.1) is 0 Å². The van der Waals surface area contributed by atoms with Crippen molar-refractivity contribution in [3.8, 4) is 17.1 Å². The third-order valence-corrected chi connectivity index (χ3v) is 4.08. The zero-order valence-corrected chi connectivity index (χ0v) is 15.6. The molecule has 9 nitrogen and oxygen atoms in total. The molecule has 29 heavy (non-hydrogen) atoms. The smallest absolute Gasteiger partial charge is 0.388 e. The minimum Gasteiger partial charge on any atom is -0.417 e. The average Bonchev–Trinajstić information content (AvgIpc) is 3.10. The minimum absolute atomic E-state index is 0.236. The maximum Gasteiger partial charge on any atom is 0.388 e. The molecule has 0 saturated carbocycles. The Balaban J connectivity index is 1.72. The topological polar surface area (TPSA) is 104 Å². The van der Waals surface area contributed by atoms with E-state index in [0.717, 1.165) is 10.4 Å². The van der Waals surface area contributed by atoms with Crippen LogP contribution in [0.5, 0.6) is 5.88 Å². The molecule has 0 bridgehead atoms. The van der Waals surface area contributed by atoms with Gasteiger partial charge in [-0.3, -0.25) is 14.3 Å². The number of pyridine rings is 1. The van der Waals surface area contributed by atoms with Crippen molar-refractivity contribution in [1.82, 2.24) is 29.9 Å². The van der Waals surface area contributed by atoms with E-state index in [1.54, 1.807) is 30.9 Å². The van der Waals surface area contributed by atoms with Gasteiger partial charge >= 0.3 is 6.61 Å². The van der Waals surface area contributed by atoms with E-state index >= 15 is 0 Å².